The zero-order chi connectivity index (χ0) is 9.42. The van der Waals surface area contributed by atoms with E-state index in [9.17, 15) is 4.79 Å². The summed E-state index contributed by atoms with van der Waals surface area (Å²) in [6, 6.07) is 0. The van der Waals surface area contributed by atoms with Gasteiger partial charge in [-0.1, -0.05) is 0 Å². The minimum absolute atomic E-state index is 0.256. The lowest BCUT2D eigenvalue weighted by Crippen LogP contribution is -2.13. The average molecular weight is 196 g/mol. The molecule has 5 nitrogen and oxygen atoms in total. The fraction of sp³-hybridized carbons (Fsp3) is 0.286. The van der Waals surface area contributed by atoms with Crippen LogP contribution in [0, 0.1) is 13.8 Å². The maximum Gasteiger partial charge on any atom is 0.349 e. The van der Waals surface area contributed by atoms with Gasteiger partial charge < -0.3 is 0 Å². The molecule has 0 saturated heterocycles. The molecule has 2 rings (SSSR count). The van der Waals surface area contributed by atoms with Gasteiger partial charge in [0, 0.05) is 4.88 Å². The van der Waals surface area contributed by atoms with Crippen LogP contribution in [0.3, 0.4) is 0 Å². The number of rotatable bonds is 1. The van der Waals surface area contributed by atoms with Crippen molar-refractivity contribution >= 4 is 11.3 Å². The first kappa shape index (κ1) is 8.18. The van der Waals surface area contributed by atoms with E-state index in [1.165, 1.54) is 22.2 Å². The van der Waals surface area contributed by atoms with Crippen LogP contribution in [-0.2, 0) is 0 Å². The second-order valence-corrected chi connectivity index (χ2v) is 3.85. The number of aromatic amines is 1. The molecule has 13 heavy (non-hydrogen) atoms. The number of aryl methyl sites for hydroxylation is 2. The van der Waals surface area contributed by atoms with Crippen molar-refractivity contribution in [3.05, 3.63) is 27.4 Å². The molecule has 0 unspecified atom stereocenters. The molecule has 2 aromatic heterocycles. The van der Waals surface area contributed by atoms with Crippen molar-refractivity contribution in [2.45, 2.75) is 13.8 Å². The molecule has 0 aromatic carbocycles. The number of aromatic nitrogens is 4. The number of H-pyrrole nitrogens is 1. The summed E-state index contributed by atoms with van der Waals surface area (Å²) in [5.74, 6) is 0. The van der Waals surface area contributed by atoms with Gasteiger partial charge in [-0.15, -0.1) is 11.3 Å². The Morgan fingerprint density at radius 2 is 2.31 bits per heavy atom. The van der Waals surface area contributed by atoms with E-state index in [1.807, 2.05) is 13.8 Å². The van der Waals surface area contributed by atoms with Gasteiger partial charge in [0.1, 0.15) is 6.33 Å². The van der Waals surface area contributed by atoms with E-state index in [1.54, 1.807) is 0 Å². The second-order valence-electron chi connectivity index (χ2n) is 2.67. The summed E-state index contributed by atoms with van der Waals surface area (Å²) < 4.78 is 1.39. The Hall–Kier alpha value is -1.43. The fourth-order valence-corrected chi connectivity index (χ4v) is 1.82. The molecule has 6 heteroatoms. The summed E-state index contributed by atoms with van der Waals surface area (Å²) in [5, 5.41) is 6.61. The Bertz CT molecular complexity index is 461. The van der Waals surface area contributed by atoms with Crippen LogP contribution >= 0.6 is 11.3 Å². The van der Waals surface area contributed by atoms with Gasteiger partial charge in [-0.2, -0.15) is 5.10 Å². The summed E-state index contributed by atoms with van der Waals surface area (Å²) >= 11 is 1.48. The highest BCUT2D eigenvalue weighted by Crippen LogP contribution is 2.18. The van der Waals surface area contributed by atoms with Gasteiger partial charge in [0.25, 0.3) is 0 Å². The van der Waals surface area contributed by atoms with E-state index in [2.05, 4.69) is 15.2 Å². The molecule has 0 atom stereocenters. The first-order valence-electron chi connectivity index (χ1n) is 3.75. The standard InChI is InChI=1S/C7H8N4OS/c1-4-5(2)13-7(9-4)11-3-8-10-6(11)12/h3H,1-2H3,(H,10,12). The predicted octanol–water partition coefficient (Wildman–Crippen LogP) is 0.634. The van der Waals surface area contributed by atoms with Crippen LogP contribution in [0.25, 0.3) is 5.13 Å². The minimum Gasteiger partial charge on any atom is -0.246 e. The summed E-state index contributed by atoms with van der Waals surface area (Å²) in [6.07, 6.45) is 1.43. The van der Waals surface area contributed by atoms with Crippen molar-refractivity contribution < 1.29 is 0 Å². The average Bonchev–Trinajstić information content (AvgIpc) is 2.60. The summed E-state index contributed by atoms with van der Waals surface area (Å²) in [7, 11) is 0. The SMILES string of the molecule is Cc1nc(-n2cn[nH]c2=O)sc1C. The minimum atomic E-state index is -0.256. The maximum atomic E-state index is 11.2. The van der Waals surface area contributed by atoms with Crippen LogP contribution in [0.4, 0.5) is 0 Å². The molecule has 0 fully saturated rings. The molecule has 0 radical (unpaired) electrons. The normalized spacial score (nSPS) is 10.6. The lowest BCUT2D eigenvalue weighted by Gasteiger charge is -1.88. The van der Waals surface area contributed by atoms with Crippen LogP contribution in [0.2, 0.25) is 0 Å². The van der Waals surface area contributed by atoms with Crippen molar-refractivity contribution in [1.29, 1.82) is 0 Å². The smallest absolute Gasteiger partial charge is 0.246 e. The van der Waals surface area contributed by atoms with E-state index in [-0.39, 0.29) is 5.69 Å². The Kier molecular flexibility index (Phi) is 1.77. The van der Waals surface area contributed by atoms with E-state index >= 15 is 0 Å². The number of thiazole rings is 1. The molecule has 0 saturated carbocycles. The third kappa shape index (κ3) is 1.29. The molecule has 0 bridgehead atoms. The van der Waals surface area contributed by atoms with Crippen LogP contribution in [0.1, 0.15) is 10.6 Å². The Labute approximate surface area is 78.1 Å². The number of nitrogens with one attached hydrogen (secondary N) is 1. The zero-order valence-corrected chi connectivity index (χ0v) is 8.05. The molecular weight excluding hydrogens is 188 g/mol. The highest BCUT2D eigenvalue weighted by molar-refractivity contribution is 7.14. The number of hydrogen-bond acceptors (Lipinski definition) is 4. The largest absolute Gasteiger partial charge is 0.349 e. The first-order chi connectivity index (χ1) is 6.18. The molecule has 0 spiro atoms. The lowest BCUT2D eigenvalue weighted by atomic mass is 10.4. The van der Waals surface area contributed by atoms with Gasteiger partial charge in [0.05, 0.1) is 5.69 Å². The molecule has 2 aromatic rings. The topological polar surface area (TPSA) is 63.6 Å². The molecule has 2 heterocycles. The summed E-state index contributed by atoms with van der Waals surface area (Å²) in [6.45, 7) is 3.89. The van der Waals surface area contributed by atoms with Crippen molar-refractivity contribution in [2.75, 3.05) is 0 Å². The molecule has 68 valence electrons. The summed E-state index contributed by atoms with van der Waals surface area (Å²) in [4.78, 5) is 16.5. The second kappa shape index (κ2) is 2.81. The van der Waals surface area contributed by atoms with Crippen molar-refractivity contribution in [2.24, 2.45) is 0 Å². The van der Waals surface area contributed by atoms with E-state index in [0.717, 1.165) is 10.6 Å². The molecule has 0 aliphatic carbocycles. The van der Waals surface area contributed by atoms with Gasteiger partial charge in [-0.25, -0.2) is 19.4 Å². The van der Waals surface area contributed by atoms with Crippen LogP contribution in [0.5, 0.6) is 0 Å². The zero-order valence-electron chi connectivity index (χ0n) is 7.24. The van der Waals surface area contributed by atoms with E-state index in [0.29, 0.717) is 5.13 Å². The third-order valence-corrected chi connectivity index (χ3v) is 2.85. The molecule has 0 amide bonds. The number of hydrogen-bond donors (Lipinski definition) is 1. The molecule has 0 aliphatic rings. The van der Waals surface area contributed by atoms with Crippen LogP contribution < -0.4 is 5.69 Å². The first-order valence-corrected chi connectivity index (χ1v) is 4.56. The fourth-order valence-electron chi connectivity index (χ4n) is 0.943. The van der Waals surface area contributed by atoms with Gasteiger partial charge in [-0.3, -0.25) is 0 Å². The van der Waals surface area contributed by atoms with Crippen LogP contribution in [-0.4, -0.2) is 19.7 Å². The molecule has 1 N–H and O–H groups in total. The Morgan fingerprint density at radius 3 is 2.77 bits per heavy atom. The Morgan fingerprint density at radius 1 is 1.54 bits per heavy atom. The van der Waals surface area contributed by atoms with Crippen LogP contribution in [0.15, 0.2) is 11.1 Å². The molecule has 0 aliphatic heterocycles. The summed E-state index contributed by atoms with van der Waals surface area (Å²) in [5.41, 5.74) is 0.696. The highest BCUT2D eigenvalue weighted by Gasteiger charge is 2.07. The van der Waals surface area contributed by atoms with E-state index < -0.39 is 0 Å². The van der Waals surface area contributed by atoms with Gasteiger partial charge in [-0.05, 0) is 13.8 Å². The van der Waals surface area contributed by atoms with Crippen molar-refractivity contribution in [3.8, 4) is 5.13 Å². The van der Waals surface area contributed by atoms with Gasteiger partial charge in [0.15, 0.2) is 5.13 Å². The predicted molar refractivity (Wildman–Crippen MR) is 49.3 cm³/mol. The van der Waals surface area contributed by atoms with Gasteiger partial charge in [0.2, 0.25) is 0 Å². The quantitative estimate of drug-likeness (QED) is 0.727. The van der Waals surface area contributed by atoms with Crippen molar-refractivity contribution in [1.82, 2.24) is 19.7 Å². The van der Waals surface area contributed by atoms with Crippen molar-refractivity contribution in [3.63, 3.8) is 0 Å². The lowest BCUT2D eigenvalue weighted by molar-refractivity contribution is 0.959. The third-order valence-electron chi connectivity index (χ3n) is 1.78. The monoisotopic (exact) mass is 196 g/mol. The molecular formula is C7H8N4OS. The maximum absolute atomic E-state index is 11.2. The van der Waals surface area contributed by atoms with Gasteiger partial charge >= 0.3 is 5.69 Å². The Balaban J connectivity index is 2.59. The highest BCUT2D eigenvalue weighted by atomic mass is 32.1. The number of nitrogens with zero attached hydrogens (tertiary/aromatic N) is 3. The van der Waals surface area contributed by atoms with E-state index in [4.69, 9.17) is 0 Å².